The van der Waals surface area contributed by atoms with Crippen LogP contribution in [0.1, 0.15) is 33.1 Å². The molecule has 1 fully saturated rings. The summed E-state index contributed by atoms with van der Waals surface area (Å²) >= 11 is 0. The minimum absolute atomic E-state index is 0.633. The summed E-state index contributed by atoms with van der Waals surface area (Å²) in [7, 11) is 0. The van der Waals surface area contributed by atoms with Crippen LogP contribution in [0.3, 0.4) is 0 Å². The number of morpholine rings is 1. The van der Waals surface area contributed by atoms with Gasteiger partial charge < -0.3 is 10.5 Å². The highest BCUT2D eigenvalue weighted by atomic mass is 16.5. The van der Waals surface area contributed by atoms with Crippen LogP contribution in [0.5, 0.6) is 0 Å². The number of rotatable bonds is 6. The molecular formula is C12H26N2O. The molecule has 0 bridgehead atoms. The summed E-state index contributed by atoms with van der Waals surface area (Å²) in [4.78, 5) is 2.57. The van der Waals surface area contributed by atoms with Gasteiger partial charge in [-0.15, -0.1) is 0 Å². The van der Waals surface area contributed by atoms with Gasteiger partial charge in [0.1, 0.15) is 0 Å². The number of hydrogen-bond acceptors (Lipinski definition) is 3. The molecule has 1 heterocycles. The van der Waals surface area contributed by atoms with Crippen molar-refractivity contribution < 1.29 is 4.74 Å². The summed E-state index contributed by atoms with van der Waals surface area (Å²) in [6, 6.07) is 0.633. The van der Waals surface area contributed by atoms with Crippen LogP contribution in [-0.2, 0) is 4.74 Å². The van der Waals surface area contributed by atoms with E-state index in [1.807, 2.05) is 0 Å². The molecule has 0 aromatic carbocycles. The van der Waals surface area contributed by atoms with Gasteiger partial charge in [0.2, 0.25) is 0 Å². The van der Waals surface area contributed by atoms with Crippen LogP contribution >= 0.6 is 0 Å². The molecule has 0 saturated carbocycles. The maximum absolute atomic E-state index is 5.72. The molecule has 90 valence electrons. The molecule has 1 aliphatic heterocycles. The fourth-order valence-corrected chi connectivity index (χ4v) is 2.20. The number of nitrogens with zero attached hydrogens (tertiary/aromatic N) is 1. The Bertz CT molecular complexity index is 160. The van der Waals surface area contributed by atoms with Crippen LogP contribution in [-0.4, -0.2) is 43.8 Å². The minimum atomic E-state index is 0.633. The Hall–Kier alpha value is -0.120. The molecular weight excluding hydrogens is 188 g/mol. The third kappa shape index (κ3) is 4.09. The van der Waals surface area contributed by atoms with E-state index >= 15 is 0 Å². The van der Waals surface area contributed by atoms with Crippen LogP contribution in [0.2, 0.25) is 0 Å². The molecule has 0 spiro atoms. The molecule has 2 N–H and O–H groups in total. The van der Waals surface area contributed by atoms with Crippen LogP contribution in [0.15, 0.2) is 0 Å². The van der Waals surface area contributed by atoms with Crippen LogP contribution in [0, 0.1) is 5.92 Å². The molecule has 2 unspecified atom stereocenters. The molecule has 15 heavy (non-hydrogen) atoms. The lowest BCUT2D eigenvalue weighted by Crippen LogP contribution is -2.45. The van der Waals surface area contributed by atoms with Crippen molar-refractivity contribution in [3.8, 4) is 0 Å². The largest absolute Gasteiger partial charge is 0.378 e. The predicted octanol–water partition coefficient (Wildman–Crippen LogP) is 1.47. The van der Waals surface area contributed by atoms with Crippen molar-refractivity contribution in [3.63, 3.8) is 0 Å². The van der Waals surface area contributed by atoms with Gasteiger partial charge >= 0.3 is 0 Å². The van der Waals surface area contributed by atoms with Gasteiger partial charge in [-0.05, 0) is 31.8 Å². The fraction of sp³-hybridized carbons (Fsp3) is 1.00. The first kappa shape index (κ1) is 12.9. The molecule has 0 aromatic heterocycles. The second kappa shape index (κ2) is 7.20. The summed E-state index contributed by atoms with van der Waals surface area (Å²) in [5.74, 6) is 0.699. The van der Waals surface area contributed by atoms with Gasteiger partial charge in [0, 0.05) is 12.6 Å². The number of hydrogen-bond donors (Lipinski definition) is 1. The van der Waals surface area contributed by atoms with Gasteiger partial charge in [-0.3, -0.25) is 4.90 Å². The van der Waals surface area contributed by atoms with Crippen molar-refractivity contribution in [2.24, 2.45) is 11.7 Å². The van der Waals surface area contributed by atoms with Crippen molar-refractivity contribution in [1.29, 1.82) is 0 Å². The van der Waals surface area contributed by atoms with Gasteiger partial charge in [0.15, 0.2) is 0 Å². The van der Waals surface area contributed by atoms with Crippen LogP contribution in [0.25, 0.3) is 0 Å². The summed E-state index contributed by atoms with van der Waals surface area (Å²) in [5.41, 5.74) is 5.72. The van der Waals surface area contributed by atoms with Crippen molar-refractivity contribution in [3.05, 3.63) is 0 Å². The van der Waals surface area contributed by atoms with E-state index in [4.69, 9.17) is 10.5 Å². The molecule has 1 aliphatic rings. The summed E-state index contributed by atoms with van der Waals surface area (Å²) in [6.07, 6.45) is 3.64. The normalized spacial score (nSPS) is 25.4. The highest BCUT2D eigenvalue weighted by molar-refractivity contribution is 4.75. The van der Waals surface area contributed by atoms with Crippen molar-refractivity contribution in [1.82, 2.24) is 4.90 Å². The molecule has 1 rings (SSSR count). The Kier molecular flexibility index (Phi) is 6.22. The van der Waals surface area contributed by atoms with Gasteiger partial charge in [-0.2, -0.15) is 0 Å². The second-order valence-corrected chi connectivity index (χ2v) is 4.47. The topological polar surface area (TPSA) is 38.5 Å². The zero-order valence-electron chi connectivity index (χ0n) is 10.2. The predicted molar refractivity (Wildman–Crippen MR) is 63.9 cm³/mol. The molecule has 0 amide bonds. The average molecular weight is 214 g/mol. The molecule has 2 atom stereocenters. The molecule has 0 aliphatic carbocycles. The third-order valence-corrected chi connectivity index (χ3v) is 3.56. The Morgan fingerprint density at radius 2 is 2.27 bits per heavy atom. The lowest BCUT2D eigenvalue weighted by atomic mass is 10.0. The van der Waals surface area contributed by atoms with E-state index in [1.165, 1.54) is 25.8 Å². The zero-order chi connectivity index (χ0) is 11.1. The van der Waals surface area contributed by atoms with E-state index in [2.05, 4.69) is 18.7 Å². The Morgan fingerprint density at radius 1 is 1.47 bits per heavy atom. The third-order valence-electron chi connectivity index (χ3n) is 3.56. The SMILES string of the molecule is CCC(CN)CCN1CCOCC1CC. The number of nitrogens with two attached hydrogens (primary N) is 1. The molecule has 0 aromatic rings. The van der Waals surface area contributed by atoms with Gasteiger partial charge in [0.05, 0.1) is 13.2 Å². The second-order valence-electron chi connectivity index (χ2n) is 4.47. The highest BCUT2D eigenvalue weighted by Gasteiger charge is 2.21. The van der Waals surface area contributed by atoms with E-state index in [0.717, 1.165) is 26.3 Å². The Labute approximate surface area is 94.0 Å². The highest BCUT2D eigenvalue weighted by Crippen LogP contribution is 2.14. The molecule has 3 heteroatoms. The number of ether oxygens (including phenoxy) is 1. The lowest BCUT2D eigenvalue weighted by molar-refractivity contribution is -0.0107. The molecule has 0 radical (unpaired) electrons. The summed E-state index contributed by atoms with van der Waals surface area (Å²) in [5, 5.41) is 0. The smallest absolute Gasteiger partial charge is 0.0622 e. The quantitative estimate of drug-likeness (QED) is 0.728. The first-order chi connectivity index (χ1) is 7.31. The maximum atomic E-state index is 5.72. The zero-order valence-corrected chi connectivity index (χ0v) is 10.2. The van der Waals surface area contributed by atoms with Crippen molar-refractivity contribution >= 4 is 0 Å². The van der Waals surface area contributed by atoms with E-state index < -0.39 is 0 Å². The Morgan fingerprint density at radius 3 is 2.87 bits per heavy atom. The first-order valence-corrected chi connectivity index (χ1v) is 6.33. The molecule has 3 nitrogen and oxygen atoms in total. The summed E-state index contributed by atoms with van der Waals surface area (Å²) < 4.78 is 5.50. The van der Waals surface area contributed by atoms with Gasteiger partial charge in [0.25, 0.3) is 0 Å². The van der Waals surface area contributed by atoms with E-state index in [0.29, 0.717) is 12.0 Å². The first-order valence-electron chi connectivity index (χ1n) is 6.33. The van der Waals surface area contributed by atoms with Crippen LogP contribution < -0.4 is 5.73 Å². The van der Waals surface area contributed by atoms with Crippen LogP contribution in [0.4, 0.5) is 0 Å². The Balaban J connectivity index is 2.28. The maximum Gasteiger partial charge on any atom is 0.0622 e. The lowest BCUT2D eigenvalue weighted by Gasteiger charge is -2.35. The van der Waals surface area contributed by atoms with E-state index in [9.17, 15) is 0 Å². The van der Waals surface area contributed by atoms with E-state index in [-0.39, 0.29) is 0 Å². The van der Waals surface area contributed by atoms with Crippen molar-refractivity contribution in [2.75, 3.05) is 32.8 Å². The van der Waals surface area contributed by atoms with Gasteiger partial charge in [-0.1, -0.05) is 20.3 Å². The average Bonchev–Trinajstić information content (AvgIpc) is 2.31. The standard InChI is InChI=1S/C12H26N2O/c1-3-11(9-13)5-6-14-7-8-15-10-12(14)4-2/h11-12H,3-10,13H2,1-2H3. The fourth-order valence-electron chi connectivity index (χ4n) is 2.20. The molecule has 1 saturated heterocycles. The summed E-state index contributed by atoms with van der Waals surface area (Å²) in [6.45, 7) is 9.40. The van der Waals surface area contributed by atoms with Gasteiger partial charge in [-0.25, -0.2) is 0 Å². The monoisotopic (exact) mass is 214 g/mol. The minimum Gasteiger partial charge on any atom is -0.378 e. The van der Waals surface area contributed by atoms with Crippen molar-refractivity contribution in [2.45, 2.75) is 39.2 Å². The van der Waals surface area contributed by atoms with E-state index in [1.54, 1.807) is 0 Å².